The number of anilines is 2. The quantitative estimate of drug-likeness (QED) is 0.575. The highest BCUT2D eigenvalue weighted by atomic mass is 79.9. The van der Waals surface area contributed by atoms with Gasteiger partial charge in [-0.3, -0.25) is 4.79 Å². The molecule has 2 atom stereocenters. The molecule has 1 saturated heterocycles. The minimum atomic E-state index is -4.79. The monoisotopic (exact) mass is 475 g/mol. The number of hydrogen-bond donors (Lipinski definition) is 3. The number of ether oxygens (including phenoxy) is 1. The lowest BCUT2D eigenvalue weighted by Gasteiger charge is -2.18. The van der Waals surface area contributed by atoms with Gasteiger partial charge in [-0.15, -0.1) is 13.2 Å². The SMILES string of the molecule is O=C(Nc1ccc(OC(F)(F)F)cc1)c1ccc(N2CC(O)C(CO)C2)nc1Br. The van der Waals surface area contributed by atoms with Gasteiger partial charge in [0.2, 0.25) is 0 Å². The molecular formula is C18H17BrF3N3O4. The van der Waals surface area contributed by atoms with Crippen LogP contribution in [0.3, 0.4) is 0 Å². The van der Waals surface area contributed by atoms with E-state index in [2.05, 4.69) is 31.0 Å². The van der Waals surface area contributed by atoms with Crippen LogP contribution >= 0.6 is 15.9 Å². The van der Waals surface area contributed by atoms with Gasteiger partial charge in [-0.05, 0) is 52.3 Å². The molecule has 1 aliphatic rings. The largest absolute Gasteiger partial charge is 0.573 e. The molecule has 11 heteroatoms. The van der Waals surface area contributed by atoms with Gasteiger partial charge in [-0.25, -0.2) is 4.98 Å². The van der Waals surface area contributed by atoms with Crippen LogP contribution in [0.1, 0.15) is 10.4 Å². The molecular weight excluding hydrogens is 459 g/mol. The summed E-state index contributed by atoms with van der Waals surface area (Å²) in [5, 5.41) is 21.7. The highest BCUT2D eigenvalue weighted by Gasteiger charge is 2.32. The van der Waals surface area contributed by atoms with Crippen molar-refractivity contribution in [2.24, 2.45) is 5.92 Å². The van der Waals surface area contributed by atoms with Gasteiger partial charge in [0.25, 0.3) is 5.91 Å². The molecule has 3 N–H and O–H groups in total. The number of carbonyl (C=O) groups is 1. The average Bonchev–Trinajstić information content (AvgIpc) is 3.03. The Morgan fingerprint density at radius 1 is 1.24 bits per heavy atom. The number of hydrogen-bond acceptors (Lipinski definition) is 6. The van der Waals surface area contributed by atoms with Crippen LogP contribution in [0.4, 0.5) is 24.7 Å². The van der Waals surface area contributed by atoms with E-state index in [1.165, 1.54) is 12.1 Å². The van der Waals surface area contributed by atoms with Crippen molar-refractivity contribution in [2.75, 3.05) is 29.9 Å². The smallest absolute Gasteiger partial charge is 0.406 e. The maximum atomic E-state index is 12.5. The van der Waals surface area contributed by atoms with Crippen molar-refractivity contribution in [3.05, 3.63) is 46.6 Å². The normalized spacial score (nSPS) is 19.3. The Kier molecular flexibility index (Phi) is 6.30. The number of halogens is 4. The molecule has 2 aromatic rings. The third kappa shape index (κ3) is 5.37. The fourth-order valence-electron chi connectivity index (χ4n) is 2.93. The lowest BCUT2D eigenvalue weighted by Crippen LogP contribution is -2.23. The van der Waals surface area contributed by atoms with E-state index < -0.39 is 24.1 Å². The molecule has 0 radical (unpaired) electrons. The Bertz CT molecular complexity index is 880. The number of β-amino-alcohol motifs (C(OH)–C–C–N with tert-alkyl or cyclic N) is 1. The number of amides is 1. The van der Waals surface area contributed by atoms with E-state index >= 15 is 0 Å². The molecule has 29 heavy (non-hydrogen) atoms. The Hall–Kier alpha value is -2.37. The molecule has 0 bridgehead atoms. The summed E-state index contributed by atoms with van der Waals surface area (Å²) in [5.41, 5.74) is 0.511. The Morgan fingerprint density at radius 3 is 2.48 bits per heavy atom. The number of benzene rings is 1. The summed E-state index contributed by atoms with van der Waals surface area (Å²) in [5.74, 6) is -0.619. The van der Waals surface area contributed by atoms with Gasteiger partial charge in [0, 0.05) is 24.7 Å². The van der Waals surface area contributed by atoms with Crippen LogP contribution in [0.25, 0.3) is 0 Å². The van der Waals surface area contributed by atoms with Crippen molar-refractivity contribution < 1.29 is 32.9 Å². The Labute approximate surface area is 172 Å². The van der Waals surface area contributed by atoms with Crippen LogP contribution in [-0.4, -0.2) is 53.3 Å². The van der Waals surface area contributed by atoms with E-state index in [0.717, 1.165) is 12.1 Å². The summed E-state index contributed by atoms with van der Waals surface area (Å²) in [4.78, 5) is 18.6. The van der Waals surface area contributed by atoms with Crippen LogP contribution in [-0.2, 0) is 0 Å². The van der Waals surface area contributed by atoms with Gasteiger partial charge in [0.15, 0.2) is 0 Å². The summed E-state index contributed by atoms with van der Waals surface area (Å²) in [6.45, 7) is 0.629. The fourth-order valence-corrected chi connectivity index (χ4v) is 3.42. The van der Waals surface area contributed by atoms with E-state index in [9.17, 15) is 28.2 Å². The standard InChI is InChI=1S/C18H17BrF3N3O4/c19-16-13(5-6-15(24-16)25-7-10(9-26)14(27)8-25)17(28)23-11-1-3-12(4-2-11)29-18(20,21)22/h1-6,10,14,26-27H,7-9H2,(H,23,28). The molecule has 1 aromatic carbocycles. The van der Waals surface area contributed by atoms with Gasteiger partial charge in [-0.1, -0.05) is 0 Å². The highest BCUT2D eigenvalue weighted by Crippen LogP contribution is 2.27. The van der Waals surface area contributed by atoms with Gasteiger partial charge in [0.1, 0.15) is 16.2 Å². The first kappa shape index (κ1) is 21.3. The minimum absolute atomic E-state index is 0.133. The second-order valence-electron chi connectivity index (χ2n) is 6.45. The van der Waals surface area contributed by atoms with Crippen LogP contribution in [0.5, 0.6) is 5.75 Å². The van der Waals surface area contributed by atoms with Crippen molar-refractivity contribution in [3.63, 3.8) is 0 Å². The maximum absolute atomic E-state index is 12.5. The zero-order valence-electron chi connectivity index (χ0n) is 14.9. The molecule has 156 valence electrons. The number of aliphatic hydroxyl groups is 2. The van der Waals surface area contributed by atoms with Crippen molar-refractivity contribution in [2.45, 2.75) is 12.5 Å². The van der Waals surface area contributed by atoms with Gasteiger partial charge in [-0.2, -0.15) is 0 Å². The number of aromatic nitrogens is 1. The number of nitrogens with one attached hydrogen (secondary N) is 1. The number of aliphatic hydroxyl groups excluding tert-OH is 2. The Balaban J connectivity index is 1.67. The highest BCUT2D eigenvalue weighted by molar-refractivity contribution is 9.10. The summed E-state index contributed by atoms with van der Waals surface area (Å²) >= 11 is 3.24. The molecule has 0 spiro atoms. The minimum Gasteiger partial charge on any atom is -0.406 e. The zero-order chi connectivity index (χ0) is 21.2. The molecule has 0 aliphatic carbocycles. The van der Waals surface area contributed by atoms with Crippen molar-refractivity contribution in [1.82, 2.24) is 4.98 Å². The predicted octanol–water partition coefficient (Wildman–Crippen LogP) is 2.78. The first-order chi connectivity index (χ1) is 13.7. The molecule has 1 fully saturated rings. The lowest BCUT2D eigenvalue weighted by atomic mass is 10.1. The fraction of sp³-hybridized carbons (Fsp3) is 0.333. The van der Waals surface area contributed by atoms with Crippen molar-refractivity contribution >= 4 is 33.3 Å². The van der Waals surface area contributed by atoms with E-state index in [1.54, 1.807) is 17.0 Å². The number of rotatable bonds is 5. The van der Waals surface area contributed by atoms with E-state index in [1.807, 2.05) is 0 Å². The van der Waals surface area contributed by atoms with Crippen LogP contribution < -0.4 is 15.0 Å². The number of carbonyl (C=O) groups excluding carboxylic acids is 1. The Morgan fingerprint density at radius 2 is 1.93 bits per heavy atom. The predicted molar refractivity (Wildman–Crippen MR) is 102 cm³/mol. The molecule has 3 rings (SSSR count). The molecule has 2 unspecified atom stereocenters. The third-order valence-electron chi connectivity index (χ3n) is 4.39. The second-order valence-corrected chi connectivity index (χ2v) is 7.20. The van der Waals surface area contributed by atoms with Crippen LogP contribution in [0, 0.1) is 5.92 Å². The van der Waals surface area contributed by atoms with Gasteiger partial charge < -0.3 is 25.2 Å². The van der Waals surface area contributed by atoms with E-state index in [-0.39, 0.29) is 28.4 Å². The van der Waals surface area contributed by atoms with Gasteiger partial charge in [0.05, 0.1) is 18.3 Å². The number of nitrogens with zero attached hydrogens (tertiary/aromatic N) is 2. The van der Waals surface area contributed by atoms with E-state index in [0.29, 0.717) is 18.9 Å². The second kappa shape index (κ2) is 8.56. The maximum Gasteiger partial charge on any atom is 0.573 e. The molecule has 7 nitrogen and oxygen atoms in total. The summed E-state index contributed by atoms with van der Waals surface area (Å²) in [6.07, 6.45) is -5.45. The third-order valence-corrected chi connectivity index (χ3v) is 4.99. The molecule has 0 saturated carbocycles. The average molecular weight is 476 g/mol. The topological polar surface area (TPSA) is 94.9 Å². The van der Waals surface area contributed by atoms with Crippen LogP contribution in [0.15, 0.2) is 41.0 Å². The molecule has 2 heterocycles. The van der Waals surface area contributed by atoms with Crippen molar-refractivity contribution in [1.29, 1.82) is 0 Å². The van der Waals surface area contributed by atoms with Crippen LogP contribution in [0.2, 0.25) is 0 Å². The zero-order valence-corrected chi connectivity index (χ0v) is 16.4. The number of alkyl halides is 3. The first-order valence-corrected chi connectivity index (χ1v) is 9.33. The summed E-state index contributed by atoms with van der Waals surface area (Å²) < 4.78 is 40.6. The first-order valence-electron chi connectivity index (χ1n) is 8.54. The number of pyridine rings is 1. The molecule has 1 aliphatic heterocycles. The molecule has 1 amide bonds. The lowest BCUT2D eigenvalue weighted by molar-refractivity contribution is -0.274. The summed E-state index contributed by atoms with van der Waals surface area (Å²) in [6, 6.07) is 7.92. The van der Waals surface area contributed by atoms with Gasteiger partial charge >= 0.3 is 6.36 Å². The summed E-state index contributed by atoms with van der Waals surface area (Å²) in [7, 11) is 0. The molecule has 1 aromatic heterocycles. The van der Waals surface area contributed by atoms with Crippen molar-refractivity contribution in [3.8, 4) is 5.75 Å². The van der Waals surface area contributed by atoms with E-state index in [4.69, 9.17) is 0 Å².